The highest BCUT2D eigenvalue weighted by atomic mass is 35.5. The number of ether oxygens (including phenoxy) is 2. The number of halogens is 1. The standard InChI is InChI=1S/C27H30ClN5O5/c1-2-24(34)30-20-9-8-10-22(17-20)38-26-23(28)18-29-27(32-26)31-19-12-14-21(15-13-19)37-16-7-5-3-4-6-11-25(35)33-36/h2,8-10,12-15,17-18,36H,1,3-7,11,16H2,(H,30,34)(H,33,35)(H,29,31,32). The van der Waals surface area contributed by atoms with Gasteiger partial charge in [-0.2, -0.15) is 4.98 Å². The molecular formula is C27H30ClN5O5. The van der Waals surface area contributed by atoms with Crippen LogP contribution in [0.15, 0.2) is 67.4 Å². The van der Waals surface area contributed by atoms with Crippen molar-refractivity contribution in [1.29, 1.82) is 0 Å². The summed E-state index contributed by atoms with van der Waals surface area (Å²) in [6.07, 6.45) is 7.59. The van der Waals surface area contributed by atoms with Crippen molar-refractivity contribution in [3.63, 3.8) is 0 Å². The van der Waals surface area contributed by atoms with E-state index in [1.54, 1.807) is 29.7 Å². The Kier molecular flexibility index (Phi) is 11.4. The molecule has 11 heteroatoms. The molecule has 2 aromatic carbocycles. The Morgan fingerprint density at radius 1 is 1.00 bits per heavy atom. The maximum absolute atomic E-state index is 11.5. The van der Waals surface area contributed by atoms with Crippen molar-refractivity contribution in [3.05, 3.63) is 72.4 Å². The van der Waals surface area contributed by atoms with E-state index in [9.17, 15) is 9.59 Å². The average Bonchev–Trinajstić information content (AvgIpc) is 2.93. The lowest BCUT2D eigenvalue weighted by atomic mass is 10.1. The lowest BCUT2D eigenvalue weighted by Gasteiger charge is -2.11. The van der Waals surface area contributed by atoms with Crippen LogP contribution in [0.5, 0.6) is 17.4 Å². The molecular weight excluding hydrogens is 510 g/mol. The van der Waals surface area contributed by atoms with E-state index in [1.807, 2.05) is 24.3 Å². The molecule has 0 saturated carbocycles. The average molecular weight is 540 g/mol. The summed E-state index contributed by atoms with van der Waals surface area (Å²) in [7, 11) is 0. The molecule has 3 aromatic rings. The third kappa shape index (κ3) is 9.72. The van der Waals surface area contributed by atoms with Crippen molar-refractivity contribution in [2.45, 2.75) is 38.5 Å². The normalized spacial score (nSPS) is 10.4. The second kappa shape index (κ2) is 15.2. The summed E-state index contributed by atoms with van der Waals surface area (Å²) in [6.45, 7) is 4.04. The van der Waals surface area contributed by atoms with Crippen LogP contribution in [0.25, 0.3) is 0 Å². The van der Waals surface area contributed by atoms with Gasteiger partial charge in [-0.3, -0.25) is 14.8 Å². The highest BCUT2D eigenvalue weighted by Gasteiger charge is 2.10. The first-order valence-corrected chi connectivity index (χ1v) is 12.5. The van der Waals surface area contributed by atoms with Gasteiger partial charge in [-0.15, -0.1) is 0 Å². The van der Waals surface area contributed by atoms with Crippen LogP contribution in [0, 0.1) is 0 Å². The Labute approximate surface area is 226 Å². The molecule has 1 aromatic heterocycles. The number of unbranched alkanes of at least 4 members (excludes halogenated alkanes) is 4. The zero-order valence-corrected chi connectivity index (χ0v) is 21.5. The van der Waals surface area contributed by atoms with Crippen LogP contribution >= 0.6 is 11.6 Å². The van der Waals surface area contributed by atoms with E-state index in [0.717, 1.165) is 43.5 Å². The molecule has 0 aliphatic heterocycles. The third-order valence-corrected chi connectivity index (χ3v) is 5.52. The zero-order valence-electron chi connectivity index (χ0n) is 20.8. The van der Waals surface area contributed by atoms with E-state index >= 15 is 0 Å². The van der Waals surface area contributed by atoms with Crippen LogP contribution in [0.2, 0.25) is 5.02 Å². The Hall–Kier alpha value is -4.15. The molecule has 10 nitrogen and oxygen atoms in total. The molecule has 0 aliphatic rings. The Balaban J connectivity index is 1.46. The van der Waals surface area contributed by atoms with Gasteiger partial charge in [0.15, 0.2) is 0 Å². The van der Waals surface area contributed by atoms with Gasteiger partial charge in [0.05, 0.1) is 12.8 Å². The van der Waals surface area contributed by atoms with Crippen LogP contribution < -0.4 is 25.6 Å². The second-order valence-electron chi connectivity index (χ2n) is 8.22. The van der Waals surface area contributed by atoms with E-state index < -0.39 is 0 Å². The number of hydrogen-bond acceptors (Lipinski definition) is 8. The second-order valence-corrected chi connectivity index (χ2v) is 8.63. The highest BCUT2D eigenvalue weighted by molar-refractivity contribution is 6.31. The zero-order chi connectivity index (χ0) is 27.2. The first-order chi connectivity index (χ1) is 18.5. The SMILES string of the molecule is C=CC(=O)Nc1cccc(Oc2nc(Nc3ccc(OCCCCCCCC(=O)NO)cc3)ncc2Cl)c1. The van der Waals surface area contributed by atoms with E-state index in [1.165, 1.54) is 12.3 Å². The lowest BCUT2D eigenvalue weighted by Crippen LogP contribution is -2.17. The van der Waals surface area contributed by atoms with Gasteiger partial charge in [0, 0.05) is 23.9 Å². The number of hydrogen-bond donors (Lipinski definition) is 4. The van der Waals surface area contributed by atoms with Crippen molar-refractivity contribution >= 4 is 40.7 Å². The summed E-state index contributed by atoms with van der Waals surface area (Å²) in [4.78, 5) is 31.0. The van der Waals surface area contributed by atoms with Crippen LogP contribution in [-0.2, 0) is 9.59 Å². The van der Waals surface area contributed by atoms with Gasteiger partial charge in [-0.1, -0.05) is 43.5 Å². The highest BCUT2D eigenvalue weighted by Crippen LogP contribution is 2.30. The summed E-state index contributed by atoms with van der Waals surface area (Å²) < 4.78 is 11.6. The molecule has 0 radical (unpaired) electrons. The molecule has 0 spiro atoms. The molecule has 0 atom stereocenters. The molecule has 0 unspecified atom stereocenters. The van der Waals surface area contributed by atoms with Gasteiger partial charge in [0.1, 0.15) is 16.5 Å². The number of anilines is 3. The summed E-state index contributed by atoms with van der Waals surface area (Å²) in [5.74, 6) is 0.970. The van der Waals surface area contributed by atoms with Gasteiger partial charge in [-0.25, -0.2) is 10.5 Å². The third-order valence-electron chi connectivity index (χ3n) is 5.27. The smallest absolute Gasteiger partial charge is 0.247 e. The van der Waals surface area contributed by atoms with E-state index in [2.05, 4.69) is 27.2 Å². The quantitative estimate of drug-likeness (QED) is 0.0797. The summed E-state index contributed by atoms with van der Waals surface area (Å²) in [5.41, 5.74) is 2.94. The lowest BCUT2D eigenvalue weighted by molar-refractivity contribution is -0.129. The molecule has 0 saturated heterocycles. The monoisotopic (exact) mass is 539 g/mol. The summed E-state index contributed by atoms with van der Waals surface area (Å²) in [6, 6.07) is 14.2. The van der Waals surface area contributed by atoms with Crippen molar-refractivity contribution in [2.75, 3.05) is 17.2 Å². The van der Waals surface area contributed by atoms with Crippen molar-refractivity contribution in [2.24, 2.45) is 0 Å². The van der Waals surface area contributed by atoms with E-state index in [0.29, 0.717) is 30.4 Å². The van der Waals surface area contributed by atoms with Crippen molar-refractivity contribution < 1.29 is 24.3 Å². The molecule has 0 bridgehead atoms. The predicted molar refractivity (Wildman–Crippen MR) is 145 cm³/mol. The van der Waals surface area contributed by atoms with Crippen LogP contribution in [0.3, 0.4) is 0 Å². The molecule has 0 fully saturated rings. The summed E-state index contributed by atoms with van der Waals surface area (Å²) in [5, 5.41) is 14.5. The number of carbonyl (C=O) groups is 2. The number of rotatable bonds is 15. The molecule has 200 valence electrons. The van der Waals surface area contributed by atoms with Crippen LogP contribution in [-0.4, -0.2) is 33.6 Å². The molecule has 38 heavy (non-hydrogen) atoms. The fraction of sp³-hybridized carbons (Fsp3) is 0.259. The van der Waals surface area contributed by atoms with Gasteiger partial charge in [-0.05, 0) is 55.3 Å². The Morgan fingerprint density at radius 2 is 1.76 bits per heavy atom. The Morgan fingerprint density at radius 3 is 2.53 bits per heavy atom. The summed E-state index contributed by atoms with van der Waals surface area (Å²) >= 11 is 6.23. The van der Waals surface area contributed by atoms with Crippen LogP contribution in [0.4, 0.5) is 17.3 Å². The molecule has 3 rings (SSSR count). The minimum absolute atomic E-state index is 0.160. The van der Waals surface area contributed by atoms with Crippen molar-refractivity contribution in [1.82, 2.24) is 15.4 Å². The first kappa shape index (κ1) is 28.4. The maximum atomic E-state index is 11.5. The number of aromatic nitrogens is 2. The number of benzene rings is 2. The van der Waals surface area contributed by atoms with Crippen LogP contribution in [0.1, 0.15) is 38.5 Å². The fourth-order valence-electron chi connectivity index (χ4n) is 3.35. The minimum Gasteiger partial charge on any atom is -0.494 e. The predicted octanol–water partition coefficient (Wildman–Crippen LogP) is 6.02. The number of amides is 2. The maximum Gasteiger partial charge on any atom is 0.247 e. The van der Waals surface area contributed by atoms with E-state index in [-0.39, 0.29) is 22.7 Å². The minimum atomic E-state index is -0.346. The molecule has 0 aliphatic carbocycles. The van der Waals surface area contributed by atoms with Gasteiger partial charge in [0.25, 0.3) is 0 Å². The largest absolute Gasteiger partial charge is 0.494 e. The van der Waals surface area contributed by atoms with E-state index in [4.69, 9.17) is 26.3 Å². The molecule has 2 amide bonds. The number of nitrogens with zero attached hydrogens (tertiary/aromatic N) is 2. The van der Waals surface area contributed by atoms with Gasteiger partial charge >= 0.3 is 0 Å². The number of carbonyl (C=O) groups excluding carboxylic acids is 2. The van der Waals surface area contributed by atoms with Gasteiger partial charge in [0.2, 0.25) is 23.6 Å². The number of nitrogens with one attached hydrogen (secondary N) is 3. The fourth-order valence-corrected chi connectivity index (χ4v) is 3.48. The first-order valence-electron chi connectivity index (χ1n) is 12.1. The molecule has 4 N–H and O–H groups in total. The Bertz CT molecular complexity index is 1220. The number of hydroxylamine groups is 1. The van der Waals surface area contributed by atoms with Gasteiger partial charge < -0.3 is 20.1 Å². The molecule has 1 heterocycles. The van der Waals surface area contributed by atoms with Crippen molar-refractivity contribution in [3.8, 4) is 17.4 Å². The topological polar surface area (TPSA) is 135 Å².